The van der Waals surface area contributed by atoms with E-state index >= 15 is 0 Å². The first-order valence-electron chi connectivity index (χ1n) is 9.97. The molecule has 3 heteroatoms. The molecule has 134 valence electrons. The molecule has 1 saturated heterocycles. The minimum absolute atomic E-state index is 0.0570. The number of carbonyl (C=O) groups is 1. The number of benzene rings is 2. The van der Waals surface area contributed by atoms with Gasteiger partial charge in [0.15, 0.2) is 0 Å². The van der Waals surface area contributed by atoms with Gasteiger partial charge < -0.3 is 4.90 Å². The van der Waals surface area contributed by atoms with Crippen LogP contribution in [-0.2, 0) is 11.2 Å². The van der Waals surface area contributed by atoms with E-state index in [0.717, 1.165) is 32.6 Å². The minimum atomic E-state index is 0.0570. The zero-order chi connectivity index (χ0) is 17.5. The molecular formula is C23H26N2O. The summed E-state index contributed by atoms with van der Waals surface area (Å²) in [7, 11) is 0. The van der Waals surface area contributed by atoms with E-state index in [-0.39, 0.29) is 5.92 Å². The Morgan fingerprint density at radius 1 is 0.923 bits per heavy atom. The summed E-state index contributed by atoms with van der Waals surface area (Å²) in [6, 6.07) is 19.6. The molecular weight excluding hydrogens is 320 g/mol. The lowest BCUT2D eigenvalue weighted by molar-refractivity contribution is -0.136. The van der Waals surface area contributed by atoms with Crippen molar-refractivity contribution in [1.29, 1.82) is 0 Å². The van der Waals surface area contributed by atoms with Crippen LogP contribution in [-0.4, -0.2) is 41.9 Å². The Bertz CT molecular complexity index is 799. The third-order valence-electron chi connectivity index (χ3n) is 6.40. The van der Waals surface area contributed by atoms with Crippen molar-refractivity contribution in [2.75, 3.05) is 26.2 Å². The van der Waals surface area contributed by atoms with Crippen LogP contribution in [0.5, 0.6) is 0 Å². The predicted molar refractivity (Wildman–Crippen MR) is 103 cm³/mol. The van der Waals surface area contributed by atoms with Crippen molar-refractivity contribution < 1.29 is 4.79 Å². The molecule has 0 bridgehead atoms. The van der Waals surface area contributed by atoms with Gasteiger partial charge in [-0.3, -0.25) is 9.69 Å². The van der Waals surface area contributed by atoms with Gasteiger partial charge in [-0.15, -0.1) is 0 Å². The maximum Gasteiger partial charge on any atom is 0.230 e. The fourth-order valence-corrected chi connectivity index (χ4v) is 4.84. The van der Waals surface area contributed by atoms with Gasteiger partial charge in [-0.2, -0.15) is 0 Å². The molecule has 2 aromatic rings. The number of hydrogen-bond acceptors (Lipinski definition) is 2. The summed E-state index contributed by atoms with van der Waals surface area (Å²) in [4.78, 5) is 18.2. The molecule has 0 spiro atoms. The molecule has 0 radical (unpaired) electrons. The SMILES string of the molecule is O=C(C(c1ccccc1)C1CC1)N1CCN2CCc3ccccc3C2C1. The van der Waals surface area contributed by atoms with Gasteiger partial charge in [0.1, 0.15) is 0 Å². The van der Waals surface area contributed by atoms with Gasteiger partial charge >= 0.3 is 0 Å². The Morgan fingerprint density at radius 3 is 2.50 bits per heavy atom. The molecule has 2 aliphatic heterocycles. The molecule has 1 saturated carbocycles. The highest BCUT2D eigenvalue weighted by Gasteiger charge is 2.42. The number of amides is 1. The van der Waals surface area contributed by atoms with Crippen LogP contribution in [0, 0.1) is 5.92 Å². The summed E-state index contributed by atoms with van der Waals surface area (Å²) in [5.41, 5.74) is 4.09. The molecule has 5 rings (SSSR count). The zero-order valence-electron chi connectivity index (χ0n) is 15.2. The number of fused-ring (bicyclic) bond motifs is 3. The lowest BCUT2D eigenvalue weighted by atomic mass is 9.89. The summed E-state index contributed by atoms with van der Waals surface area (Å²) in [5.74, 6) is 0.949. The van der Waals surface area contributed by atoms with Crippen LogP contribution in [0.3, 0.4) is 0 Å². The second-order valence-electron chi connectivity index (χ2n) is 8.01. The van der Waals surface area contributed by atoms with Crippen LogP contribution >= 0.6 is 0 Å². The standard InChI is InChI=1S/C23H26N2O/c26-23(22(19-10-11-19)18-7-2-1-3-8-18)25-15-14-24-13-12-17-6-4-5-9-20(17)21(24)16-25/h1-9,19,21-22H,10-16H2. The van der Waals surface area contributed by atoms with Crippen molar-refractivity contribution in [1.82, 2.24) is 9.80 Å². The number of nitrogens with zero attached hydrogens (tertiary/aromatic N) is 2. The van der Waals surface area contributed by atoms with Gasteiger partial charge in [0.2, 0.25) is 5.91 Å². The normalized spacial score (nSPS) is 23.8. The molecule has 2 aromatic carbocycles. The Labute approximate surface area is 155 Å². The van der Waals surface area contributed by atoms with E-state index in [1.54, 1.807) is 0 Å². The largest absolute Gasteiger partial charge is 0.339 e. The molecule has 0 N–H and O–H groups in total. The molecule has 2 fully saturated rings. The van der Waals surface area contributed by atoms with Crippen molar-refractivity contribution in [3.05, 3.63) is 71.3 Å². The molecule has 3 aliphatic rings. The summed E-state index contributed by atoms with van der Waals surface area (Å²) >= 11 is 0. The fraction of sp³-hybridized carbons (Fsp3) is 0.435. The van der Waals surface area contributed by atoms with Gasteiger partial charge in [0, 0.05) is 26.2 Å². The lowest BCUT2D eigenvalue weighted by Crippen LogP contribution is -2.53. The third-order valence-corrected chi connectivity index (χ3v) is 6.40. The van der Waals surface area contributed by atoms with E-state index in [9.17, 15) is 4.79 Å². The minimum Gasteiger partial charge on any atom is -0.339 e. The first-order valence-corrected chi connectivity index (χ1v) is 9.97. The number of rotatable bonds is 3. The molecule has 1 aliphatic carbocycles. The number of piperazine rings is 1. The average molecular weight is 346 g/mol. The van der Waals surface area contributed by atoms with Gasteiger partial charge in [-0.05, 0) is 41.9 Å². The van der Waals surface area contributed by atoms with Crippen molar-refractivity contribution in [3.8, 4) is 0 Å². The summed E-state index contributed by atoms with van der Waals surface area (Å²) in [5, 5.41) is 0. The van der Waals surface area contributed by atoms with Crippen LogP contribution in [0.15, 0.2) is 54.6 Å². The van der Waals surface area contributed by atoms with Gasteiger partial charge in [-0.25, -0.2) is 0 Å². The number of carbonyl (C=O) groups excluding carboxylic acids is 1. The summed E-state index contributed by atoms with van der Waals surface area (Å²) < 4.78 is 0. The highest BCUT2D eigenvalue weighted by molar-refractivity contribution is 5.84. The fourth-order valence-electron chi connectivity index (χ4n) is 4.84. The van der Waals surface area contributed by atoms with Gasteiger partial charge in [-0.1, -0.05) is 54.6 Å². The topological polar surface area (TPSA) is 23.6 Å². The Morgan fingerprint density at radius 2 is 1.69 bits per heavy atom. The molecule has 0 aromatic heterocycles. The van der Waals surface area contributed by atoms with Crippen molar-refractivity contribution in [2.45, 2.75) is 31.2 Å². The highest BCUT2D eigenvalue weighted by atomic mass is 16.2. The second kappa shape index (κ2) is 6.55. The molecule has 2 unspecified atom stereocenters. The Balaban J connectivity index is 1.40. The van der Waals surface area contributed by atoms with E-state index in [0.29, 0.717) is 17.9 Å². The molecule has 3 nitrogen and oxygen atoms in total. The average Bonchev–Trinajstić information content (AvgIpc) is 3.53. The van der Waals surface area contributed by atoms with Crippen LogP contribution in [0.4, 0.5) is 0 Å². The maximum atomic E-state index is 13.5. The van der Waals surface area contributed by atoms with Crippen molar-refractivity contribution in [3.63, 3.8) is 0 Å². The second-order valence-corrected chi connectivity index (χ2v) is 8.01. The third kappa shape index (κ3) is 2.84. The number of hydrogen-bond donors (Lipinski definition) is 0. The maximum absolute atomic E-state index is 13.5. The Hall–Kier alpha value is -2.13. The van der Waals surface area contributed by atoms with E-state index in [1.165, 1.54) is 29.5 Å². The monoisotopic (exact) mass is 346 g/mol. The quantitative estimate of drug-likeness (QED) is 0.847. The van der Waals surface area contributed by atoms with Gasteiger partial charge in [0.05, 0.1) is 12.0 Å². The first-order chi connectivity index (χ1) is 12.8. The van der Waals surface area contributed by atoms with Crippen LogP contribution in [0.25, 0.3) is 0 Å². The van der Waals surface area contributed by atoms with Crippen molar-refractivity contribution in [2.24, 2.45) is 5.92 Å². The molecule has 2 heterocycles. The summed E-state index contributed by atoms with van der Waals surface area (Å²) in [6.45, 7) is 3.82. The van der Waals surface area contributed by atoms with E-state index < -0.39 is 0 Å². The smallest absolute Gasteiger partial charge is 0.230 e. The van der Waals surface area contributed by atoms with E-state index in [1.807, 2.05) is 6.07 Å². The van der Waals surface area contributed by atoms with E-state index in [4.69, 9.17) is 0 Å². The predicted octanol–water partition coefficient (Wildman–Crippen LogP) is 3.62. The molecule has 1 amide bonds. The van der Waals surface area contributed by atoms with Crippen LogP contribution in [0.1, 0.15) is 41.5 Å². The van der Waals surface area contributed by atoms with E-state index in [2.05, 4.69) is 58.3 Å². The van der Waals surface area contributed by atoms with Crippen molar-refractivity contribution >= 4 is 5.91 Å². The van der Waals surface area contributed by atoms with Gasteiger partial charge in [0.25, 0.3) is 0 Å². The Kier molecular flexibility index (Phi) is 4.05. The first kappa shape index (κ1) is 16.1. The zero-order valence-corrected chi connectivity index (χ0v) is 15.2. The summed E-state index contributed by atoms with van der Waals surface area (Å²) in [6.07, 6.45) is 3.52. The molecule has 2 atom stereocenters. The van der Waals surface area contributed by atoms with Crippen LogP contribution in [0.2, 0.25) is 0 Å². The lowest BCUT2D eigenvalue weighted by Gasteiger charge is -2.45. The molecule has 26 heavy (non-hydrogen) atoms. The highest BCUT2D eigenvalue weighted by Crippen LogP contribution is 2.44. The van der Waals surface area contributed by atoms with Crippen LogP contribution < -0.4 is 0 Å².